The molecule has 2 aromatic rings. The Morgan fingerprint density at radius 1 is 1.15 bits per heavy atom. The lowest BCUT2D eigenvalue weighted by molar-refractivity contribution is -0.130. The fourth-order valence-electron chi connectivity index (χ4n) is 2.77. The number of furan rings is 1. The van der Waals surface area contributed by atoms with Gasteiger partial charge in [0.15, 0.2) is 0 Å². The van der Waals surface area contributed by atoms with E-state index >= 15 is 0 Å². The normalized spacial score (nSPS) is 10.7. The minimum absolute atomic E-state index is 0.00679. The van der Waals surface area contributed by atoms with Crippen molar-refractivity contribution >= 4 is 11.9 Å². The van der Waals surface area contributed by atoms with Crippen molar-refractivity contribution in [2.24, 2.45) is 0 Å². The Bertz CT molecular complexity index is 809. The molecule has 0 aliphatic heterocycles. The molecule has 0 saturated heterocycles. The molecule has 146 valence electrons. The first-order valence-electron chi connectivity index (χ1n) is 9.04. The second-order valence-electron chi connectivity index (χ2n) is 6.81. The maximum Gasteiger partial charge on any atom is 0.339 e. The maximum atomic E-state index is 12.2. The molecule has 6 heteroatoms. The smallest absolute Gasteiger partial charge is 0.339 e. The maximum absolute atomic E-state index is 12.2. The van der Waals surface area contributed by atoms with Crippen molar-refractivity contribution in [3.05, 3.63) is 52.5 Å². The summed E-state index contributed by atoms with van der Waals surface area (Å²) in [6.07, 6.45) is 1.93. The van der Waals surface area contributed by atoms with Crippen molar-refractivity contribution in [3.8, 4) is 5.75 Å². The molecule has 27 heavy (non-hydrogen) atoms. The van der Waals surface area contributed by atoms with E-state index < -0.39 is 5.97 Å². The Labute approximate surface area is 159 Å². The van der Waals surface area contributed by atoms with Crippen molar-refractivity contribution in [1.29, 1.82) is 0 Å². The minimum Gasteiger partial charge on any atom is -0.493 e. The molecule has 1 aromatic heterocycles. The Morgan fingerprint density at radius 2 is 1.89 bits per heavy atom. The number of carbonyl (C=O) groups excluding carboxylic acids is 1. The van der Waals surface area contributed by atoms with Gasteiger partial charge in [-0.25, -0.2) is 4.79 Å². The molecule has 1 N–H and O–H groups in total. The van der Waals surface area contributed by atoms with Gasteiger partial charge in [-0.2, -0.15) is 0 Å². The van der Waals surface area contributed by atoms with Crippen LogP contribution in [0.3, 0.4) is 0 Å². The first-order valence-corrected chi connectivity index (χ1v) is 9.04. The van der Waals surface area contributed by atoms with Gasteiger partial charge in [0.2, 0.25) is 5.91 Å². The molecule has 0 unspecified atom stereocenters. The standard InChI is InChI=1S/C21H27NO5/c1-14-8-9-15(2)19(11-14)26-10-6-5-7-20(23)22(4)13-17-12-18(21(24)25)16(3)27-17/h8-9,11-12H,5-7,10,13H2,1-4H3,(H,24,25). The Balaban J connectivity index is 1.72. The highest BCUT2D eigenvalue weighted by Gasteiger charge is 2.16. The van der Waals surface area contributed by atoms with Crippen LogP contribution in [0.5, 0.6) is 5.75 Å². The minimum atomic E-state index is -1.03. The molecule has 0 saturated carbocycles. The number of hydrogen-bond donors (Lipinski definition) is 1. The van der Waals surface area contributed by atoms with E-state index in [1.165, 1.54) is 6.07 Å². The molecule has 1 amide bonds. The number of carboxylic acid groups (broad SMARTS) is 1. The van der Waals surface area contributed by atoms with Crippen LogP contribution in [-0.4, -0.2) is 35.5 Å². The third-order valence-corrected chi connectivity index (χ3v) is 4.40. The van der Waals surface area contributed by atoms with Gasteiger partial charge in [0.05, 0.1) is 13.2 Å². The van der Waals surface area contributed by atoms with E-state index in [-0.39, 0.29) is 18.0 Å². The van der Waals surface area contributed by atoms with E-state index in [0.717, 1.165) is 29.7 Å². The number of hydrogen-bond acceptors (Lipinski definition) is 4. The van der Waals surface area contributed by atoms with Gasteiger partial charge < -0.3 is 19.2 Å². The van der Waals surface area contributed by atoms with E-state index in [1.807, 2.05) is 26.0 Å². The van der Waals surface area contributed by atoms with Gasteiger partial charge in [0.1, 0.15) is 22.8 Å². The highest BCUT2D eigenvalue weighted by molar-refractivity contribution is 5.88. The number of unbranched alkanes of at least 4 members (excludes halogenated alkanes) is 1. The second-order valence-corrected chi connectivity index (χ2v) is 6.81. The fourth-order valence-corrected chi connectivity index (χ4v) is 2.77. The van der Waals surface area contributed by atoms with E-state index in [9.17, 15) is 9.59 Å². The summed E-state index contributed by atoms with van der Waals surface area (Å²) in [4.78, 5) is 24.8. The van der Waals surface area contributed by atoms with Gasteiger partial charge in [0, 0.05) is 13.5 Å². The second kappa shape index (κ2) is 9.26. The molecule has 1 heterocycles. The summed E-state index contributed by atoms with van der Waals surface area (Å²) in [6, 6.07) is 7.58. The average molecular weight is 373 g/mol. The lowest BCUT2D eigenvalue weighted by atomic mass is 10.1. The van der Waals surface area contributed by atoms with E-state index in [4.69, 9.17) is 14.3 Å². The monoisotopic (exact) mass is 373 g/mol. The number of carboxylic acids is 1. The van der Waals surface area contributed by atoms with E-state index in [0.29, 0.717) is 24.5 Å². The van der Waals surface area contributed by atoms with Crippen molar-refractivity contribution < 1.29 is 23.8 Å². The SMILES string of the molecule is Cc1ccc(C)c(OCCCCC(=O)N(C)Cc2cc(C(=O)O)c(C)o2)c1. The van der Waals surface area contributed by atoms with Crippen LogP contribution in [0.1, 0.15) is 52.3 Å². The zero-order valence-corrected chi connectivity index (χ0v) is 16.4. The van der Waals surface area contributed by atoms with Crippen molar-refractivity contribution in [3.63, 3.8) is 0 Å². The van der Waals surface area contributed by atoms with Crippen molar-refractivity contribution in [2.75, 3.05) is 13.7 Å². The summed E-state index contributed by atoms with van der Waals surface area (Å²) in [6.45, 7) is 6.47. The first-order chi connectivity index (χ1) is 12.8. The zero-order valence-electron chi connectivity index (χ0n) is 16.4. The molecule has 0 aliphatic carbocycles. The lowest BCUT2D eigenvalue weighted by Gasteiger charge is -2.16. The van der Waals surface area contributed by atoms with Crippen LogP contribution in [0.25, 0.3) is 0 Å². The molecule has 1 aromatic carbocycles. The summed E-state index contributed by atoms with van der Waals surface area (Å²) in [5, 5.41) is 9.05. The van der Waals surface area contributed by atoms with Crippen molar-refractivity contribution in [2.45, 2.75) is 46.6 Å². The zero-order chi connectivity index (χ0) is 20.0. The summed E-state index contributed by atoms with van der Waals surface area (Å²) >= 11 is 0. The number of ether oxygens (including phenoxy) is 1. The Hall–Kier alpha value is -2.76. The molecule has 0 aliphatic rings. The highest BCUT2D eigenvalue weighted by Crippen LogP contribution is 2.20. The van der Waals surface area contributed by atoms with Crippen LogP contribution < -0.4 is 4.74 Å². The van der Waals surface area contributed by atoms with Crippen LogP contribution in [0.15, 0.2) is 28.7 Å². The number of aryl methyl sites for hydroxylation is 3. The largest absolute Gasteiger partial charge is 0.493 e. The third-order valence-electron chi connectivity index (χ3n) is 4.40. The topological polar surface area (TPSA) is 80.0 Å². The van der Waals surface area contributed by atoms with Gasteiger partial charge in [0.25, 0.3) is 0 Å². The molecule has 0 radical (unpaired) electrons. The van der Waals surface area contributed by atoms with E-state index in [2.05, 4.69) is 6.07 Å². The van der Waals surface area contributed by atoms with E-state index in [1.54, 1.807) is 18.9 Å². The number of carbonyl (C=O) groups is 2. The number of benzene rings is 1. The van der Waals surface area contributed by atoms with Crippen LogP contribution >= 0.6 is 0 Å². The van der Waals surface area contributed by atoms with Gasteiger partial charge >= 0.3 is 5.97 Å². The molecule has 0 fully saturated rings. The van der Waals surface area contributed by atoms with Crippen molar-refractivity contribution in [1.82, 2.24) is 4.90 Å². The van der Waals surface area contributed by atoms with Crippen LogP contribution in [0.4, 0.5) is 0 Å². The van der Waals surface area contributed by atoms with Crippen LogP contribution in [0.2, 0.25) is 0 Å². The summed E-state index contributed by atoms with van der Waals surface area (Å²) in [5.74, 6) is 0.676. The van der Waals surface area contributed by atoms with Crippen LogP contribution in [0, 0.1) is 20.8 Å². The molecule has 6 nitrogen and oxygen atoms in total. The quantitative estimate of drug-likeness (QED) is 0.669. The molecule has 2 rings (SSSR count). The fraction of sp³-hybridized carbons (Fsp3) is 0.429. The number of amides is 1. The highest BCUT2D eigenvalue weighted by atomic mass is 16.5. The molecule has 0 spiro atoms. The summed E-state index contributed by atoms with van der Waals surface area (Å²) in [5.41, 5.74) is 2.40. The molecular weight excluding hydrogens is 346 g/mol. The number of rotatable bonds is 9. The number of aromatic carboxylic acids is 1. The third kappa shape index (κ3) is 5.88. The van der Waals surface area contributed by atoms with Crippen LogP contribution in [-0.2, 0) is 11.3 Å². The predicted molar refractivity (Wildman–Crippen MR) is 102 cm³/mol. The molecular formula is C21H27NO5. The molecule has 0 atom stereocenters. The Kier molecular flexibility index (Phi) is 7.05. The van der Waals surface area contributed by atoms with Gasteiger partial charge in [-0.3, -0.25) is 4.79 Å². The average Bonchev–Trinajstić information content (AvgIpc) is 2.97. The Morgan fingerprint density at radius 3 is 2.56 bits per heavy atom. The lowest BCUT2D eigenvalue weighted by Crippen LogP contribution is -2.25. The van der Waals surface area contributed by atoms with Gasteiger partial charge in [-0.15, -0.1) is 0 Å². The molecule has 0 bridgehead atoms. The summed E-state index contributed by atoms with van der Waals surface area (Å²) < 4.78 is 11.2. The van der Waals surface area contributed by atoms with Gasteiger partial charge in [-0.1, -0.05) is 12.1 Å². The first kappa shape index (κ1) is 20.6. The predicted octanol–water partition coefficient (Wildman–Crippen LogP) is 4.11. The number of nitrogens with zero attached hydrogens (tertiary/aromatic N) is 1. The van der Waals surface area contributed by atoms with Gasteiger partial charge in [-0.05, 0) is 56.9 Å². The summed E-state index contributed by atoms with van der Waals surface area (Å²) in [7, 11) is 1.69.